The van der Waals surface area contributed by atoms with E-state index in [9.17, 15) is 34.2 Å². The first-order valence-electron chi connectivity index (χ1n) is 10.2. The minimum atomic E-state index is -1.80. The van der Waals surface area contributed by atoms with E-state index in [1.807, 2.05) is 0 Å². The van der Waals surface area contributed by atoms with E-state index in [1.54, 1.807) is 11.8 Å². The molecular weight excluding hydrogens is 446 g/mol. The van der Waals surface area contributed by atoms with E-state index in [0.29, 0.717) is 0 Å². The van der Waals surface area contributed by atoms with Crippen molar-refractivity contribution in [3.05, 3.63) is 0 Å². The Morgan fingerprint density at radius 2 is 1.33 bits per heavy atom. The number of nitrogens with one attached hydrogen (secondary N) is 1. The van der Waals surface area contributed by atoms with Crippen molar-refractivity contribution in [2.24, 2.45) is 0 Å². The van der Waals surface area contributed by atoms with E-state index >= 15 is 0 Å². The molecule has 0 aliphatic carbocycles. The first-order chi connectivity index (χ1) is 15.4. The summed E-state index contributed by atoms with van der Waals surface area (Å²) in [5.41, 5.74) is 0. The second kappa shape index (κ2) is 13.4. The molecule has 15 heteroatoms. The van der Waals surface area contributed by atoms with Crippen molar-refractivity contribution in [2.45, 2.75) is 19.0 Å². The highest BCUT2D eigenvalue weighted by Gasteiger charge is 2.27. The summed E-state index contributed by atoms with van der Waals surface area (Å²) in [6, 6.07) is -2.29. The third-order valence-electron chi connectivity index (χ3n) is 5.29. The minimum absolute atomic E-state index is 0.00186. The Kier molecular flexibility index (Phi) is 11.3. The summed E-state index contributed by atoms with van der Waals surface area (Å²) in [7, 11) is 0. The maximum Gasteiger partial charge on any atom is 0.407 e. The molecular formula is C18H31N5O10. The van der Waals surface area contributed by atoms with Crippen LogP contribution in [-0.2, 0) is 14.4 Å². The molecule has 0 spiro atoms. The van der Waals surface area contributed by atoms with Crippen molar-refractivity contribution in [3.63, 3.8) is 0 Å². The molecule has 6 N–H and O–H groups in total. The van der Waals surface area contributed by atoms with Gasteiger partial charge in [-0.25, -0.2) is 19.2 Å². The monoisotopic (exact) mass is 477 g/mol. The highest BCUT2D eigenvalue weighted by atomic mass is 16.4. The van der Waals surface area contributed by atoms with Crippen LogP contribution in [0.5, 0.6) is 0 Å². The summed E-state index contributed by atoms with van der Waals surface area (Å²) in [4.78, 5) is 62.0. The van der Waals surface area contributed by atoms with Crippen LogP contribution >= 0.6 is 0 Å². The maximum absolute atomic E-state index is 11.7. The molecule has 2 amide bonds. The highest BCUT2D eigenvalue weighted by Crippen LogP contribution is 2.07. The van der Waals surface area contributed by atoms with Crippen LogP contribution in [0.15, 0.2) is 0 Å². The normalized spacial score (nSPS) is 19.5. The molecule has 33 heavy (non-hydrogen) atoms. The summed E-state index contributed by atoms with van der Waals surface area (Å²) in [6.45, 7) is 1.95. The minimum Gasteiger partial charge on any atom is -0.480 e. The predicted octanol–water partition coefficient (Wildman–Crippen LogP) is -1.84. The SMILES string of the molecule is CC1CN(C(=O)O)CCN(CCNC(C(=O)O)C(=O)O)CCN(C(=O)O)CCN1CC(=O)O. The van der Waals surface area contributed by atoms with Crippen LogP contribution in [0, 0.1) is 0 Å². The molecule has 1 unspecified atom stereocenters. The van der Waals surface area contributed by atoms with E-state index in [-0.39, 0.29) is 65.4 Å². The lowest BCUT2D eigenvalue weighted by Gasteiger charge is -2.35. The van der Waals surface area contributed by atoms with E-state index < -0.39 is 42.2 Å². The molecule has 1 heterocycles. The molecule has 188 valence electrons. The summed E-state index contributed by atoms with van der Waals surface area (Å²) in [6.07, 6.45) is -2.40. The van der Waals surface area contributed by atoms with Crippen LogP contribution in [0.2, 0.25) is 0 Å². The van der Waals surface area contributed by atoms with Gasteiger partial charge in [0, 0.05) is 64.9 Å². The average molecular weight is 477 g/mol. The lowest BCUT2D eigenvalue weighted by molar-refractivity contribution is -0.151. The van der Waals surface area contributed by atoms with Crippen LogP contribution in [0.25, 0.3) is 0 Å². The molecule has 1 aliphatic heterocycles. The van der Waals surface area contributed by atoms with Crippen molar-refractivity contribution in [2.75, 3.05) is 65.4 Å². The molecule has 1 aliphatic rings. The van der Waals surface area contributed by atoms with E-state index in [4.69, 9.17) is 15.3 Å². The Balaban J connectivity index is 2.95. The molecule has 0 bridgehead atoms. The summed E-state index contributed by atoms with van der Waals surface area (Å²) >= 11 is 0. The Labute approximate surface area is 189 Å². The zero-order valence-corrected chi connectivity index (χ0v) is 18.3. The number of hydrogen-bond acceptors (Lipinski definition) is 8. The molecule has 1 rings (SSSR count). The van der Waals surface area contributed by atoms with Gasteiger partial charge in [-0.2, -0.15) is 0 Å². The highest BCUT2D eigenvalue weighted by molar-refractivity contribution is 5.97. The van der Waals surface area contributed by atoms with Crippen LogP contribution in [0.1, 0.15) is 6.92 Å². The molecule has 0 aromatic heterocycles. The Hall–Kier alpha value is -3.17. The number of amides is 2. The van der Waals surface area contributed by atoms with Crippen LogP contribution in [-0.4, -0.2) is 153 Å². The van der Waals surface area contributed by atoms with Gasteiger partial charge >= 0.3 is 30.1 Å². The smallest absolute Gasteiger partial charge is 0.407 e. The third-order valence-corrected chi connectivity index (χ3v) is 5.29. The predicted molar refractivity (Wildman–Crippen MR) is 111 cm³/mol. The van der Waals surface area contributed by atoms with E-state index in [1.165, 1.54) is 4.90 Å². The van der Waals surface area contributed by atoms with Crippen molar-refractivity contribution >= 4 is 30.1 Å². The number of carboxylic acids is 3. The largest absolute Gasteiger partial charge is 0.480 e. The van der Waals surface area contributed by atoms with Gasteiger partial charge in [-0.15, -0.1) is 0 Å². The lowest BCUT2D eigenvalue weighted by Crippen LogP contribution is -2.53. The number of rotatable bonds is 8. The molecule has 0 aromatic carbocycles. The summed E-state index contributed by atoms with van der Waals surface area (Å²) < 4.78 is 0. The molecule has 1 fully saturated rings. The third kappa shape index (κ3) is 9.88. The molecule has 1 saturated heterocycles. The van der Waals surface area contributed by atoms with Gasteiger partial charge in [-0.1, -0.05) is 0 Å². The summed E-state index contributed by atoms with van der Waals surface area (Å²) in [5, 5.41) is 48.5. The standard InChI is InChI=1S/C18H31N5O10/c1-12-10-23(18(32)33)7-5-20(3-2-19-14(15(26)27)16(28)29)4-6-21(17(30)31)8-9-22(12)11-13(24)25/h12,14,19H,2-11H2,1H3,(H,24,25)(H,26,27)(H,28,29)(H,30,31)(H,32,33). The van der Waals surface area contributed by atoms with Gasteiger partial charge in [0.15, 0.2) is 0 Å². The molecule has 1 atom stereocenters. The van der Waals surface area contributed by atoms with Crippen molar-refractivity contribution in [1.29, 1.82) is 0 Å². The first kappa shape index (κ1) is 27.9. The maximum atomic E-state index is 11.7. The van der Waals surface area contributed by atoms with E-state index in [0.717, 1.165) is 9.80 Å². The number of carboxylic acid groups (broad SMARTS) is 5. The molecule has 0 aromatic rings. The van der Waals surface area contributed by atoms with Crippen molar-refractivity contribution < 1.29 is 49.5 Å². The fourth-order valence-corrected chi connectivity index (χ4v) is 3.39. The topological polar surface area (TPSA) is 211 Å². The second-order valence-corrected chi connectivity index (χ2v) is 7.62. The quantitative estimate of drug-likeness (QED) is 0.212. The number of nitrogens with zero attached hydrogens (tertiary/aromatic N) is 4. The fraction of sp³-hybridized carbons (Fsp3) is 0.722. The van der Waals surface area contributed by atoms with Crippen LogP contribution < -0.4 is 5.32 Å². The fourth-order valence-electron chi connectivity index (χ4n) is 3.39. The second-order valence-electron chi connectivity index (χ2n) is 7.62. The Bertz CT molecular complexity index is 707. The zero-order valence-electron chi connectivity index (χ0n) is 18.3. The Morgan fingerprint density at radius 1 is 0.818 bits per heavy atom. The van der Waals surface area contributed by atoms with Crippen molar-refractivity contribution in [1.82, 2.24) is 24.9 Å². The van der Waals surface area contributed by atoms with Crippen molar-refractivity contribution in [3.8, 4) is 0 Å². The molecule has 15 nitrogen and oxygen atoms in total. The number of carbonyl (C=O) groups is 5. The van der Waals surface area contributed by atoms with Gasteiger partial charge in [0.05, 0.1) is 6.54 Å². The average Bonchev–Trinajstić information content (AvgIpc) is 2.69. The number of hydrogen-bond donors (Lipinski definition) is 6. The first-order valence-corrected chi connectivity index (χ1v) is 10.2. The van der Waals surface area contributed by atoms with Gasteiger partial charge in [-0.05, 0) is 6.92 Å². The van der Waals surface area contributed by atoms with Crippen LogP contribution in [0.4, 0.5) is 9.59 Å². The zero-order chi connectivity index (χ0) is 25.1. The van der Waals surface area contributed by atoms with Gasteiger partial charge in [-0.3, -0.25) is 19.9 Å². The van der Waals surface area contributed by atoms with E-state index in [2.05, 4.69) is 5.32 Å². The van der Waals surface area contributed by atoms with Gasteiger partial charge in [0.25, 0.3) is 0 Å². The Morgan fingerprint density at radius 3 is 1.82 bits per heavy atom. The molecule has 0 radical (unpaired) electrons. The number of aliphatic carboxylic acids is 3. The van der Waals surface area contributed by atoms with Gasteiger partial charge in [0.1, 0.15) is 0 Å². The van der Waals surface area contributed by atoms with Crippen LogP contribution in [0.3, 0.4) is 0 Å². The van der Waals surface area contributed by atoms with Gasteiger partial charge in [0.2, 0.25) is 6.04 Å². The molecule has 0 saturated carbocycles. The lowest BCUT2D eigenvalue weighted by atomic mass is 10.2. The van der Waals surface area contributed by atoms with Gasteiger partial charge < -0.3 is 35.3 Å². The summed E-state index contributed by atoms with van der Waals surface area (Å²) in [5.74, 6) is -4.22.